The Kier molecular flexibility index (Phi) is 4.13. The van der Waals surface area contributed by atoms with Crippen LogP contribution in [0.25, 0.3) is 0 Å². The highest BCUT2D eigenvalue weighted by atomic mass is 19.1. The number of carbonyl (C=O) groups excluding carboxylic acids is 1. The van der Waals surface area contributed by atoms with Crippen LogP contribution in [0, 0.1) is 18.6 Å². The van der Waals surface area contributed by atoms with Crippen LogP contribution in [0.2, 0.25) is 0 Å². The zero-order chi connectivity index (χ0) is 14.7. The van der Waals surface area contributed by atoms with E-state index in [4.69, 9.17) is 4.74 Å². The Morgan fingerprint density at radius 3 is 2.50 bits per heavy atom. The molecular formula is C16H14F2O2. The van der Waals surface area contributed by atoms with Crippen LogP contribution in [-0.2, 0) is 6.61 Å². The summed E-state index contributed by atoms with van der Waals surface area (Å²) in [5, 5.41) is 0. The molecule has 0 atom stereocenters. The van der Waals surface area contributed by atoms with Gasteiger partial charge < -0.3 is 4.74 Å². The van der Waals surface area contributed by atoms with Crippen molar-refractivity contribution in [1.29, 1.82) is 0 Å². The Morgan fingerprint density at radius 1 is 1.15 bits per heavy atom. The van der Waals surface area contributed by atoms with Crippen LogP contribution in [0.5, 0.6) is 5.75 Å². The molecule has 2 aromatic carbocycles. The molecule has 0 fully saturated rings. The molecule has 2 nitrogen and oxygen atoms in total. The summed E-state index contributed by atoms with van der Waals surface area (Å²) in [5.41, 5.74) is 0.909. The van der Waals surface area contributed by atoms with Gasteiger partial charge in [0.1, 0.15) is 24.0 Å². The normalized spacial score (nSPS) is 10.4. The quantitative estimate of drug-likeness (QED) is 0.787. The van der Waals surface area contributed by atoms with Crippen LogP contribution >= 0.6 is 0 Å². The Balaban J connectivity index is 2.27. The molecule has 0 bridgehead atoms. The predicted octanol–water partition coefficient (Wildman–Crippen LogP) is 4.05. The molecule has 104 valence electrons. The van der Waals surface area contributed by atoms with E-state index in [1.807, 2.05) is 0 Å². The molecule has 0 aromatic heterocycles. The van der Waals surface area contributed by atoms with Crippen LogP contribution in [0.3, 0.4) is 0 Å². The third-order valence-corrected chi connectivity index (χ3v) is 2.98. The van der Waals surface area contributed by atoms with Gasteiger partial charge in [0.15, 0.2) is 5.78 Å². The number of hydrogen-bond donors (Lipinski definition) is 0. The first kappa shape index (κ1) is 14.2. The van der Waals surface area contributed by atoms with Gasteiger partial charge in [-0.1, -0.05) is 18.2 Å². The van der Waals surface area contributed by atoms with Gasteiger partial charge in [0.2, 0.25) is 0 Å². The molecule has 0 aliphatic carbocycles. The summed E-state index contributed by atoms with van der Waals surface area (Å²) in [4.78, 5) is 11.5. The molecule has 0 radical (unpaired) electrons. The minimum absolute atomic E-state index is 0.0158. The van der Waals surface area contributed by atoms with Crippen LogP contribution < -0.4 is 4.74 Å². The highest BCUT2D eigenvalue weighted by Crippen LogP contribution is 2.24. The first-order valence-corrected chi connectivity index (χ1v) is 6.16. The number of hydrogen-bond acceptors (Lipinski definition) is 2. The summed E-state index contributed by atoms with van der Waals surface area (Å²) in [7, 11) is 0. The number of aryl methyl sites for hydroxylation is 1. The molecule has 4 heteroatoms. The van der Waals surface area contributed by atoms with Gasteiger partial charge in [-0.15, -0.1) is 0 Å². The van der Waals surface area contributed by atoms with Gasteiger partial charge >= 0.3 is 0 Å². The van der Waals surface area contributed by atoms with E-state index in [-0.39, 0.29) is 29.5 Å². The van der Waals surface area contributed by atoms with Crippen molar-refractivity contribution in [2.45, 2.75) is 20.5 Å². The fourth-order valence-corrected chi connectivity index (χ4v) is 1.82. The van der Waals surface area contributed by atoms with Crippen molar-refractivity contribution in [3.8, 4) is 5.75 Å². The first-order chi connectivity index (χ1) is 9.49. The number of benzene rings is 2. The zero-order valence-electron chi connectivity index (χ0n) is 11.2. The fourth-order valence-electron chi connectivity index (χ4n) is 1.82. The molecule has 2 aromatic rings. The van der Waals surface area contributed by atoms with E-state index in [0.29, 0.717) is 11.1 Å². The van der Waals surface area contributed by atoms with Crippen molar-refractivity contribution in [3.63, 3.8) is 0 Å². The number of Topliss-reactive ketones (excluding diaryl/α,β-unsaturated/α-hetero) is 1. The molecule has 20 heavy (non-hydrogen) atoms. The predicted molar refractivity (Wildman–Crippen MR) is 71.9 cm³/mol. The number of ketones is 1. The van der Waals surface area contributed by atoms with Gasteiger partial charge in [0.25, 0.3) is 0 Å². The summed E-state index contributed by atoms with van der Waals surface area (Å²) in [6.45, 7) is 2.90. The Labute approximate surface area is 116 Å². The van der Waals surface area contributed by atoms with E-state index >= 15 is 0 Å². The van der Waals surface area contributed by atoms with E-state index in [1.54, 1.807) is 25.1 Å². The van der Waals surface area contributed by atoms with Crippen molar-refractivity contribution < 1.29 is 18.3 Å². The maximum atomic E-state index is 13.5. The summed E-state index contributed by atoms with van der Waals surface area (Å²) in [6.07, 6.45) is 0. The van der Waals surface area contributed by atoms with Crippen molar-refractivity contribution in [1.82, 2.24) is 0 Å². The Morgan fingerprint density at radius 2 is 1.85 bits per heavy atom. The Hall–Kier alpha value is -2.23. The average Bonchev–Trinajstić information content (AvgIpc) is 2.41. The topological polar surface area (TPSA) is 26.3 Å². The van der Waals surface area contributed by atoms with Gasteiger partial charge in [-0.3, -0.25) is 4.79 Å². The molecule has 2 rings (SSSR count). The zero-order valence-corrected chi connectivity index (χ0v) is 11.2. The molecule has 0 amide bonds. The standard InChI is InChI=1S/C16H14F2O2/c1-10-7-16(13(11(2)19)8-15(10)18)20-9-12-5-3-4-6-14(12)17/h3-8H,9H2,1-2H3. The average molecular weight is 276 g/mol. The molecule has 0 aliphatic rings. The maximum absolute atomic E-state index is 13.5. The molecule has 0 saturated carbocycles. The minimum Gasteiger partial charge on any atom is -0.488 e. The summed E-state index contributed by atoms with van der Waals surface area (Å²) < 4.78 is 32.4. The van der Waals surface area contributed by atoms with Crippen LogP contribution in [0.15, 0.2) is 36.4 Å². The van der Waals surface area contributed by atoms with Crippen molar-refractivity contribution in [3.05, 3.63) is 64.7 Å². The molecule has 0 aliphatic heterocycles. The maximum Gasteiger partial charge on any atom is 0.163 e. The SMILES string of the molecule is CC(=O)c1cc(F)c(C)cc1OCc1ccccc1F. The van der Waals surface area contributed by atoms with E-state index in [2.05, 4.69) is 0 Å². The van der Waals surface area contributed by atoms with Gasteiger partial charge in [0.05, 0.1) is 5.56 Å². The summed E-state index contributed by atoms with van der Waals surface area (Å²) in [6, 6.07) is 8.81. The number of rotatable bonds is 4. The lowest BCUT2D eigenvalue weighted by atomic mass is 10.1. The monoisotopic (exact) mass is 276 g/mol. The van der Waals surface area contributed by atoms with Crippen molar-refractivity contribution in [2.24, 2.45) is 0 Å². The summed E-state index contributed by atoms with van der Waals surface area (Å²) >= 11 is 0. The van der Waals surface area contributed by atoms with E-state index < -0.39 is 5.82 Å². The number of ether oxygens (including phenoxy) is 1. The van der Waals surface area contributed by atoms with Gasteiger partial charge in [-0.25, -0.2) is 8.78 Å². The molecule has 0 N–H and O–H groups in total. The molecule has 0 saturated heterocycles. The second-order valence-corrected chi connectivity index (χ2v) is 4.53. The lowest BCUT2D eigenvalue weighted by molar-refractivity contribution is 0.101. The lowest BCUT2D eigenvalue weighted by Crippen LogP contribution is -2.04. The van der Waals surface area contributed by atoms with Crippen LogP contribution in [0.1, 0.15) is 28.4 Å². The Bertz CT molecular complexity index is 651. The van der Waals surface area contributed by atoms with E-state index in [1.165, 1.54) is 19.1 Å². The molecular weight excluding hydrogens is 262 g/mol. The van der Waals surface area contributed by atoms with Gasteiger partial charge in [-0.05, 0) is 37.6 Å². The van der Waals surface area contributed by atoms with Crippen molar-refractivity contribution >= 4 is 5.78 Å². The molecule has 0 heterocycles. The van der Waals surface area contributed by atoms with E-state index in [9.17, 15) is 13.6 Å². The third kappa shape index (κ3) is 3.02. The van der Waals surface area contributed by atoms with Crippen molar-refractivity contribution in [2.75, 3.05) is 0 Å². The minimum atomic E-state index is -0.464. The van der Waals surface area contributed by atoms with Gasteiger partial charge in [0, 0.05) is 5.56 Å². The third-order valence-electron chi connectivity index (χ3n) is 2.98. The van der Waals surface area contributed by atoms with Crippen LogP contribution in [0.4, 0.5) is 8.78 Å². The fraction of sp³-hybridized carbons (Fsp3) is 0.188. The molecule has 0 unspecified atom stereocenters. The first-order valence-electron chi connectivity index (χ1n) is 6.16. The number of carbonyl (C=O) groups is 1. The van der Waals surface area contributed by atoms with Crippen LogP contribution in [-0.4, -0.2) is 5.78 Å². The summed E-state index contributed by atoms with van der Waals surface area (Å²) in [5.74, 6) is -0.878. The smallest absolute Gasteiger partial charge is 0.163 e. The highest BCUT2D eigenvalue weighted by Gasteiger charge is 2.13. The van der Waals surface area contributed by atoms with E-state index in [0.717, 1.165) is 6.07 Å². The second-order valence-electron chi connectivity index (χ2n) is 4.53. The lowest BCUT2D eigenvalue weighted by Gasteiger charge is -2.12. The highest BCUT2D eigenvalue weighted by molar-refractivity contribution is 5.96. The van der Waals surface area contributed by atoms with Gasteiger partial charge in [-0.2, -0.15) is 0 Å². The molecule has 0 spiro atoms. The second kappa shape index (κ2) is 5.82. The largest absolute Gasteiger partial charge is 0.488 e. The number of halogens is 2.